The van der Waals surface area contributed by atoms with Gasteiger partial charge in [-0.3, -0.25) is 9.36 Å². The number of ether oxygens (including phenoxy) is 1. The van der Waals surface area contributed by atoms with Gasteiger partial charge in [-0.1, -0.05) is 0 Å². The number of carboxylic acid groups (broad SMARTS) is 1. The van der Waals surface area contributed by atoms with Gasteiger partial charge in [0.15, 0.2) is 6.10 Å². The predicted molar refractivity (Wildman–Crippen MR) is 54.0 cm³/mol. The molecule has 1 fully saturated rings. The fourth-order valence-corrected chi connectivity index (χ4v) is 1.76. The number of aromatic nitrogens is 2. The summed E-state index contributed by atoms with van der Waals surface area (Å²) in [5.41, 5.74) is -0.155. The van der Waals surface area contributed by atoms with Crippen LogP contribution in [0.4, 0.5) is 0 Å². The Labute approximate surface area is 91.5 Å². The second-order valence-corrected chi connectivity index (χ2v) is 3.73. The molecular formula is C10H12N2O4. The molecule has 1 aromatic rings. The van der Waals surface area contributed by atoms with Gasteiger partial charge in [0.1, 0.15) is 0 Å². The zero-order valence-corrected chi connectivity index (χ0v) is 8.57. The van der Waals surface area contributed by atoms with Crippen LogP contribution in [0.2, 0.25) is 0 Å². The van der Waals surface area contributed by atoms with Gasteiger partial charge in [-0.2, -0.15) is 0 Å². The molecule has 2 unspecified atom stereocenters. The first kappa shape index (κ1) is 10.8. The lowest BCUT2D eigenvalue weighted by Crippen LogP contribution is -2.27. The van der Waals surface area contributed by atoms with Crippen molar-refractivity contribution in [2.24, 2.45) is 0 Å². The standard InChI is InChI=1S/C10H12N2O4/c13-9-3-4-11-6-12(9)5-7-1-2-8(16-7)10(14)15/h3-4,6-8H,1-2,5H2,(H,14,15). The first-order valence-corrected chi connectivity index (χ1v) is 5.05. The highest BCUT2D eigenvalue weighted by atomic mass is 16.5. The quantitative estimate of drug-likeness (QED) is 0.773. The average Bonchev–Trinajstić information content (AvgIpc) is 2.70. The molecule has 1 aliphatic heterocycles. The van der Waals surface area contributed by atoms with Crippen molar-refractivity contribution in [1.82, 2.24) is 9.55 Å². The molecule has 2 heterocycles. The van der Waals surface area contributed by atoms with Gasteiger partial charge in [0, 0.05) is 12.3 Å². The summed E-state index contributed by atoms with van der Waals surface area (Å²) in [5, 5.41) is 8.75. The SMILES string of the molecule is O=C(O)C1CCC(Cn2cnccc2=O)O1. The Balaban J connectivity index is 2.00. The smallest absolute Gasteiger partial charge is 0.332 e. The summed E-state index contributed by atoms with van der Waals surface area (Å²) < 4.78 is 6.72. The predicted octanol–water partition coefficient (Wildman–Crippen LogP) is -0.125. The van der Waals surface area contributed by atoms with E-state index in [1.54, 1.807) is 0 Å². The van der Waals surface area contributed by atoms with E-state index >= 15 is 0 Å². The number of hydrogen-bond donors (Lipinski definition) is 1. The van der Waals surface area contributed by atoms with Crippen LogP contribution in [-0.4, -0.2) is 32.8 Å². The van der Waals surface area contributed by atoms with Crippen molar-refractivity contribution in [3.63, 3.8) is 0 Å². The van der Waals surface area contributed by atoms with E-state index in [-0.39, 0.29) is 11.7 Å². The Bertz CT molecular complexity index is 442. The topological polar surface area (TPSA) is 81.4 Å². The first-order valence-electron chi connectivity index (χ1n) is 5.05. The van der Waals surface area contributed by atoms with Gasteiger partial charge < -0.3 is 9.84 Å². The zero-order chi connectivity index (χ0) is 11.5. The van der Waals surface area contributed by atoms with Crippen molar-refractivity contribution in [2.45, 2.75) is 31.6 Å². The van der Waals surface area contributed by atoms with Gasteiger partial charge in [-0.05, 0) is 12.8 Å². The molecular weight excluding hydrogens is 212 g/mol. The van der Waals surface area contributed by atoms with Gasteiger partial charge in [-0.15, -0.1) is 0 Å². The molecule has 86 valence electrons. The number of carboxylic acids is 1. The molecule has 1 aromatic heterocycles. The van der Waals surface area contributed by atoms with Crippen molar-refractivity contribution in [2.75, 3.05) is 0 Å². The number of aliphatic carboxylic acids is 1. The van der Waals surface area contributed by atoms with Crippen LogP contribution in [0.5, 0.6) is 0 Å². The molecule has 0 aromatic carbocycles. The van der Waals surface area contributed by atoms with E-state index in [9.17, 15) is 9.59 Å². The maximum atomic E-state index is 11.4. The largest absolute Gasteiger partial charge is 0.479 e. The lowest BCUT2D eigenvalue weighted by Gasteiger charge is -2.12. The molecule has 1 N–H and O–H groups in total. The number of nitrogens with zero attached hydrogens (tertiary/aromatic N) is 2. The van der Waals surface area contributed by atoms with Gasteiger partial charge in [0.2, 0.25) is 0 Å². The normalized spacial score (nSPS) is 24.5. The molecule has 1 aliphatic rings. The molecule has 6 heteroatoms. The van der Waals surface area contributed by atoms with Crippen molar-refractivity contribution < 1.29 is 14.6 Å². The molecule has 0 saturated carbocycles. The molecule has 16 heavy (non-hydrogen) atoms. The monoisotopic (exact) mass is 224 g/mol. The maximum absolute atomic E-state index is 11.4. The van der Waals surface area contributed by atoms with Crippen LogP contribution in [0, 0.1) is 0 Å². The maximum Gasteiger partial charge on any atom is 0.332 e. The number of rotatable bonds is 3. The molecule has 0 bridgehead atoms. The minimum absolute atomic E-state index is 0.155. The lowest BCUT2D eigenvalue weighted by atomic mass is 10.2. The van der Waals surface area contributed by atoms with E-state index in [1.807, 2.05) is 0 Å². The van der Waals surface area contributed by atoms with Crippen LogP contribution in [-0.2, 0) is 16.1 Å². The Morgan fingerprint density at radius 2 is 2.44 bits per heavy atom. The lowest BCUT2D eigenvalue weighted by molar-refractivity contribution is -0.149. The highest BCUT2D eigenvalue weighted by Crippen LogP contribution is 2.20. The molecule has 1 saturated heterocycles. The van der Waals surface area contributed by atoms with Crippen LogP contribution >= 0.6 is 0 Å². The van der Waals surface area contributed by atoms with Crippen molar-refractivity contribution >= 4 is 5.97 Å². The summed E-state index contributed by atoms with van der Waals surface area (Å²) in [7, 11) is 0. The third kappa shape index (κ3) is 2.27. The van der Waals surface area contributed by atoms with E-state index in [1.165, 1.54) is 23.2 Å². The van der Waals surface area contributed by atoms with Gasteiger partial charge in [-0.25, -0.2) is 9.78 Å². The average molecular weight is 224 g/mol. The summed E-state index contributed by atoms with van der Waals surface area (Å²) in [5.74, 6) is -0.943. The molecule has 2 rings (SSSR count). The summed E-state index contributed by atoms with van der Waals surface area (Å²) >= 11 is 0. The molecule has 0 radical (unpaired) electrons. The van der Waals surface area contributed by atoms with Crippen molar-refractivity contribution in [1.29, 1.82) is 0 Å². The van der Waals surface area contributed by atoms with Crippen molar-refractivity contribution in [3.8, 4) is 0 Å². The zero-order valence-electron chi connectivity index (χ0n) is 8.57. The van der Waals surface area contributed by atoms with Crippen LogP contribution in [0.1, 0.15) is 12.8 Å². The highest BCUT2D eigenvalue weighted by Gasteiger charge is 2.30. The van der Waals surface area contributed by atoms with Crippen LogP contribution in [0.3, 0.4) is 0 Å². The summed E-state index contributed by atoms with van der Waals surface area (Å²) in [6.07, 6.45) is 3.04. The minimum Gasteiger partial charge on any atom is -0.479 e. The van der Waals surface area contributed by atoms with Crippen molar-refractivity contribution in [3.05, 3.63) is 28.9 Å². The minimum atomic E-state index is -0.943. The summed E-state index contributed by atoms with van der Waals surface area (Å²) in [6, 6.07) is 1.36. The van der Waals surface area contributed by atoms with E-state index in [4.69, 9.17) is 9.84 Å². The van der Waals surface area contributed by atoms with Crippen LogP contribution in [0.15, 0.2) is 23.4 Å². The van der Waals surface area contributed by atoms with Gasteiger partial charge in [0.25, 0.3) is 5.56 Å². The Hall–Kier alpha value is -1.69. The third-order valence-corrected chi connectivity index (χ3v) is 2.58. The Morgan fingerprint density at radius 1 is 1.62 bits per heavy atom. The van der Waals surface area contributed by atoms with E-state index in [0.717, 1.165) is 0 Å². The molecule has 0 amide bonds. The Kier molecular flexibility index (Phi) is 3.00. The van der Waals surface area contributed by atoms with E-state index < -0.39 is 12.1 Å². The number of hydrogen-bond acceptors (Lipinski definition) is 4. The molecule has 0 spiro atoms. The summed E-state index contributed by atoms with van der Waals surface area (Å²) in [4.78, 5) is 25.9. The third-order valence-electron chi connectivity index (χ3n) is 2.58. The summed E-state index contributed by atoms with van der Waals surface area (Å²) in [6.45, 7) is 0.358. The fraction of sp³-hybridized carbons (Fsp3) is 0.500. The molecule has 6 nitrogen and oxygen atoms in total. The van der Waals surface area contributed by atoms with Gasteiger partial charge >= 0.3 is 5.97 Å². The van der Waals surface area contributed by atoms with E-state index in [2.05, 4.69) is 4.98 Å². The Morgan fingerprint density at radius 3 is 3.06 bits per heavy atom. The molecule has 0 aliphatic carbocycles. The van der Waals surface area contributed by atoms with E-state index in [0.29, 0.717) is 19.4 Å². The van der Waals surface area contributed by atoms with Crippen LogP contribution < -0.4 is 5.56 Å². The fourth-order valence-electron chi connectivity index (χ4n) is 1.76. The molecule has 2 atom stereocenters. The second-order valence-electron chi connectivity index (χ2n) is 3.73. The highest BCUT2D eigenvalue weighted by molar-refractivity contribution is 5.72. The second kappa shape index (κ2) is 4.44. The van der Waals surface area contributed by atoms with Crippen LogP contribution in [0.25, 0.3) is 0 Å². The number of carbonyl (C=O) groups is 1. The van der Waals surface area contributed by atoms with Gasteiger partial charge in [0.05, 0.1) is 19.0 Å². The first-order chi connectivity index (χ1) is 7.66.